The predicted molar refractivity (Wildman–Crippen MR) is 56.7 cm³/mol. The number of carboxylic acids is 1. The Kier molecular flexibility index (Phi) is 2.70. The molecule has 0 bridgehead atoms. The molecule has 0 spiro atoms. The average molecular weight is 223 g/mol. The van der Waals surface area contributed by atoms with Crippen LogP contribution in [0.1, 0.15) is 17.2 Å². The second-order valence-electron chi connectivity index (χ2n) is 3.62. The van der Waals surface area contributed by atoms with Gasteiger partial charge in [0.2, 0.25) is 6.79 Å². The predicted octanol–water partition coefficient (Wildman–Crippen LogP) is 1.07. The van der Waals surface area contributed by atoms with Crippen LogP contribution in [0, 0.1) is 6.92 Å². The summed E-state index contributed by atoms with van der Waals surface area (Å²) in [5.41, 5.74) is 1.56. The summed E-state index contributed by atoms with van der Waals surface area (Å²) in [6.07, 6.45) is 0. The van der Waals surface area contributed by atoms with Crippen molar-refractivity contribution in [3.8, 4) is 11.5 Å². The highest BCUT2D eigenvalue weighted by molar-refractivity contribution is 5.76. The zero-order chi connectivity index (χ0) is 11.7. The van der Waals surface area contributed by atoms with Crippen molar-refractivity contribution in [3.63, 3.8) is 0 Å². The van der Waals surface area contributed by atoms with Crippen LogP contribution in [0.3, 0.4) is 0 Å². The Balaban J connectivity index is 2.44. The number of nitrogens with one attached hydrogen (secondary N) is 1. The van der Waals surface area contributed by atoms with Crippen molar-refractivity contribution >= 4 is 5.97 Å². The van der Waals surface area contributed by atoms with Crippen molar-refractivity contribution in [3.05, 3.63) is 23.3 Å². The van der Waals surface area contributed by atoms with Crippen molar-refractivity contribution < 1.29 is 19.4 Å². The van der Waals surface area contributed by atoms with E-state index in [1.807, 2.05) is 6.92 Å². The molecule has 1 aromatic rings. The van der Waals surface area contributed by atoms with Gasteiger partial charge in [-0.2, -0.15) is 0 Å². The van der Waals surface area contributed by atoms with E-state index in [1.165, 1.54) is 0 Å². The molecule has 5 nitrogen and oxygen atoms in total. The molecule has 5 heteroatoms. The fraction of sp³-hybridized carbons (Fsp3) is 0.364. The number of carboxylic acid groups (broad SMARTS) is 1. The first-order valence-electron chi connectivity index (χ1n) is 4.93. The molecule has 2 rings (SSSR count). The molecule has 1 atom stereocenters. The van der Waals surface area contributed by atoms with Crippen molar-refractivity contribution in [2.75, 3.05) is 13.8 Å². The van der Waals surface area contributed by atoms with Crippen LogP contribution in [0.15, 0.2) is 12.1 Å². The van der Waals surface area contributed by atoms with E-state index in [0.29, 0.717) is 17.1 Å². The molecule has 1 heterocycles. The third-order valence-electron chi connectivity index (χ3n) is 2.61. The molecule has 0 aliphatic carbocycles. The topological polar surface area (TPSA) is 67.8 Å². The minimum Gasteiger partial charge on any atom is -0.480 e. The molecule has 1 unspecified atom stereocenters. The van der Waals surface area contributed by atoms with Crippen LogP contribution in [0.4, 0.5) is 0 Å². The molecule has 1 aliphatic rings. The van der Waals surface area contributed by atoms with E-state index in [9.17, 15) is 4.79 Å². The largest absolute Gasteiger partial charge is 0.480 e. The molecule has 0 amide bonds. The summed E-state index contributed by atoms with van der Waals surface area (Å²) in [5, 5.41) is 11.8. The third kappa shape index (κ3) is 1.69. The van der Waals surface area contributed by atoms with Gasteiger partial charge < -0.3 is 19.9 Å². The Morgan fingerprint density at radius 2 is 2.06 bits per heavy atom. The van der Waals surface area contributed by atoms with Crippen molar-refractivity contribution in [2.24, 2.45) is 0 Å². The van der Waals surface area contributed by atoms with E-state index >= 15 is 0 Å². The molecule has 2 N–H and O–H groups in total. The number of fused-ring (bicyclic) bond motifs is 1. The van der Waals surface area contributed by atoms with E-state index in [-0.39, 0.29) is 6.79 Å². The molecule has 0 saturated heterocycles. The van der Waals surface area contributed by atoms with Gasteiger partial charge in [0, 0.05) is 0 Å². The fourth-order valence-corrected chi connectivity index (χ4v) is 1.78. The first-order valence-corrected chi connectivity index (χ1v) is 4.93. The van der Waals surface area contributed by atoms with Crippen molar-refractivity contribution in [2.45, 2.75) is 13.0 Å². The maximum atomic E-state index is 11.0. The molecule has 86 valence electrons. The van der Waals surface area contributed by atoms with E-state index < -0.39 is 12.0 Å². The quantitative estimate of drug-likeness (QED) is 0.802. The van der Waals surface area contributed by atoms with Gasteiger partial charge in [0.25, 0.3) is 0 Å². The van der Waals surface area contributed by atoms with Crippen LogP contribution >= 0.6 is 0 Å². The van der Waals surface area contributed by atoms with Crippen molar-refractivity contribution in [1.82, 2.24) is 5.32 Å². The first kappa shape index (κ1) is 10.8. The smallest absolute Gasteiger partial charge is 0.325 e. The Bertz CT molecular complexity index is 430. The lowest BCUT2D eigenvalue weighted by atomic mass is 10.0. The molecule has 0 saturated carbocycles. The van der Waals surface area contributed by atoms with Crippen LogP contribution in [-0.2, 0) is 4.79 Å². The minimum absolute atomic E-state index is 0.190. The standard InChI is InChI=1S/C11H13NO4/c1-6-3-8-9(16-5-15-8)4-7(6)10(12-2)11(13)14/h3-4,10,12H,5H2,1-2H3,(H,13,14). The molecule has 0 radical (unpaired) electrons. The fourth-order valence-electron chi connectivity index (χ4n) is 1.78. The lowest BCUT2D eigenvalue weighted by molar-refractivity contribution is -0.139. The first-order chi connectivity index (χ1) is 7.63. The monoisotopic (exact) mass is 223 g/mol. The summed E-state index contributed by atoms with van der Waals surface area (Å²) >= 11 is 0. The summed E-state index contributed by atoms with van der Waals surface area (Å²) < 4.78 is 10.4. The number of benzene rings is 1. The SMILES string of the molecule is CNC(C(=O)O)c1cc2c(cc1C)OCO2. The molecular formula is C11H13NO4. The number of carbonyl (C=O) groups is 1. The van der Waals surface area contributed by atoms with Gasteiger partial charge in [-0.15, -0.1) is 0 Å². The van der Waals surface area contributed by atoms with Crippen LogP contribution in [0.2, 0.25) is 0 Å². The minimum atomic E-state index is -0.913. The number of hydrogen-bond donors (Lipinski definition) is 2. The Hall–Kier alpha value is -1.75. The lowest BCUT2D eigenvalue weighted by Crippen LogP contribution is -2.25. The van der Waals surface area contributed by atoms with E-state index in [0.717, 1.165) is 5.56 Å². The second kappa shape index (κ2) is 4.02. The molecule has 16 heavy (non-hydrogen) atoms. The molecule has 1 aromatic carbocycles. The normalized spacial score (nSPS) is 14.9. The summed E-state index contributed by atoms with van der Waals surface area (Å²) in [4.78, 5) is 11.0. The van der Waals surface area contributed by atoms with Gasteiger partial charge in [-0.1, -0.05) is 0 Å². The Morgan fingerprint density at radius 1 is 1.44 bits per heavy atom. The number of aryl methyl sites for hydroxylation is 1. The number of likely N-dealkylation sites (N-methyl/N-ethyl adjacent to an activating group) is 1. The highest BCUT2D eigenvalue weighted by atomic mass is 16.7. The molecule has 1 aliphatic heterocycles. The number of hydrogen-bond acceptors (Lipinski definition) is 4. The third-order valence-corrected chi connectivity index (χ3v) is 2.61. The lowest BCUT2D eigenvalue weighted by Gasteiger charge is -2.14. The number of aliphatic carboxylic acids is 1. The maximum Gasteiger partial charge on any atom is 0.325 e. The van der Waals surface area contributed by atoms with Crippen LogP contribution < -0.4 is 14.8 Å². The van der Waals surface area contributed by atoms with Crippen molar-refractivity contribution in [1.29, 1.82) is 0 Å². The summed E-state index contributed by atoms with van der Waals surface area (Å²) in [6.45, 7) is 2.04. The van der Waals surface area contributed by atoms with Crippen LogP contribution in [0.25, 0.3) is 0 Å². The van der Waals surface area contributed by atoms with E-state index in [4.69, 9.17) is 14.6 Å². The number of ether oxygens (including phenoxy) is 2. The molecule has 0 aromatic heterocycles. The molecular weight excluding hydrogens is 210 g/mol. The highest BCUT2D eigenvalue weighted by Crippen LogP contribution is 2.36. The van der Waals surface area contributed by atoms with Crippen LogP contribution in [-0.4, -0.2) is 24.9 Å². The maximum absolute atomic E-state index is 11.0. The number of rotatable bonds is 3. The van der Waals surface area contributed by atoms with Gasteiger partial charge in [0.05, 0.1) is 0 Å². The second-order valence-corrected chi connectivity index (χ2v) is 3.62. The van der Waals surface area contributed by atoms with Gasteiger partial charge in [-0.25, -0.2) is 0 Å². The summed E-state index contributed by atoms with van der Waals surface area (Å²) in [6, 6.07) is 2.78. The average Bonchev–Trinajstić information content (AvgIpc) is 2.65. The van der Waals surface area contributed by atoms with Gasteiger partial charge in [-0.3, -0.25) is 4.79 Å². The van der Waals surface area contributed by atoms with Gasteiger partial charge in [0.1, 0.15) is 6.04 Å². The highest BCUT2D eigenvalue weighted by Gasteiger charge is 2.23. The van der Waals surface area contributed by atoms with Gasteiger partial charge in [-0.05, 0) is 37.2 Å². The van der Waals surface area contributed by atoms with Gasteiger partial charge >= 0.3 is 5.97 Å². The Morgan fingerprint density at radius 3 is 2.62 bits per heavy atom. The van der Waals surface area contributed by atoms with E-state index in [2.05, 4.69) is 5.32 Å². The molecule has 0 fully saturated rings. The van der Waals surface area contributed by atoms with E-state index in [1.54, 1.807) is 19.2 Å². The zero-order valence-corrected chi connectivity index (χ0v) is 9.11. The Labute approximate surface area is 93.0 Å². The summed E-state index contributed by atoms with van der Waals surface area (Å²) in [7, 11) is 1.61. The summed E-state index contributed by atoms with van der Waals surface area (Å²) in [5.74, 6) is 0.355. The zero-order valence-electron chi connectivity index (χ0n) is 9.11. The van der Waals surface area contributed by atoms with Gasteiger partial charge in [0.15, 0.2) is 11.5 Å². The van der Waals surface area contributed by atoms with Crippen LogP contribution in [0.5, 0.6) is 11.5 Å².